The van der Waals surface area contributed by atoms with Crippen molar-refractivity contribution in [1.82, 2.24) is 0 Å². The molecule has 12 heavy (non-hydrogen) atoms. The van der Waals surface area contributed by atoms with Gasteiger partial charge < -0.3 is 24.8 Å². The first kappa shape index (κ1) is 23.7. The number of hydrogen-bond acceptors (Lipinski definition) is 0. The van der Waals surface area contributed by atoms with Crippen molar-refractivity contribution in [3.8, 4) is 0 Å². The molecule has 0 saturated carbocycles. The van der Waals surface area contributed by atoms with Gasteiger partial charge in [-0.15, -0.1) is 9.10 Å². The Morgan fingerprint density at radius 1 is 0.833 bits per heavy atom. The molecule has 68 valence electrons. The first-order valence-corrected chi connectivity index (χ1v) is 6.41. The second kappa shape index (κ2) is 23.2. The monoisotopic (exact) mass is 232 g/mol. The van der Waals surface area contributed by atoms with Gasteiger partial charge in [0.1, 0.15) is 0 Å². The summed E-state index contributed by atoms with van der Waals surface area (Å²) in [5.41, 5.74) is 0. The summed E-state index contributed by atoms with van der Waals surface area (Å²) < 4.78 is 3.19. The fourth-order valence-electron chi connectivity index (χ4n) is 1.03. The minimum atomic E-state index is 0. The smallest absolute Gasteiger partial charge is 1.00 e. The molecule has 0 aromatic rings. The van der Waals surface area contributed by atoms with Crippen LogP contribution in [0.4, 0.5) is 0 Å². The molecule has 0 aliphatic carbocycles. The SMILES string of the molecule is CCC[CH2][Mg][CH2]CCC.[Cl-].[Cl-].[Mg+2]. The molecular formula is C8H18Cl2Mg2. The van der Waals surface area contributed by atoms with E-state index in [1.807, 2.05) is 0 Å². The molecule has 0 saturated heterocycles. The molecule has 0 aliphatic rings. The van der Waals surface area contributed by atoms with Crippen LogP contribution in [-0.2, 0) is 0 Å². The predicted octanol–water partition coefficient (Wildman–Crippen LogP) is -3.25. The van der Waals surface area contributed by atoms with Crippen molar-refractivity contribution in [3.63, 3.8) is 0 Å². The largest absolute Gasteiger partial charge is 2.00 e. The van der Waals surface area contributed by atoms with Crippen LogP contribution >= 0.6 is 0 Å². The fraction of sp³-hybridized carbons (Fsp3) is 1.00. The van der Waals surface area contributed by atoms with Crippen LogP contribution in [0.2, 0.25) is 9.10 Å². The summed E-state index contributed by atoms with van der Waals surface area (Å²) in [4.78, 5) is 0. The van der Waals surface area contributed by atoms with Crippen molar-refractivity contribution in [1.29, 1.82) is 0 Å². The maximum absolute atomic E-state index is 2.29. The first-order chi connectivity index (χ1) is 4.41. The third kappa shape index (κ3) is 22.7. The summed E-state index contributed by atoms with van der Waals surface area (Å²) in [7, 11) is 0. The second-order valence-corrected chi connectivity index (χ2v) is 4.89. The van der Waals surface area contributed by atoms with Crippen LogP contribution < -0.4 is 24.8 Å². The van der Waals surface area contributed by atoms with Gasteiger partial charge in [0.25, 0.3) is 0 Å². The molecule has 0 spiro atoms. The minimum absolute atomic E-state index is 0. The Morgan fingerprint density at radius 3 is 1.42 bits per heavy atom. The number of unbranched alkanes of at least 4 members (excludes halogenated alkanes) is 2. The normalized spacial score (nSPS) is 6.83. The van der Waals surface area contributed by atoms with Crippen molar-refractivity contribution < 1.29 is 24.8 Å². The van der Waals surface area contributed by atoms with Crippen LogP contribution in [0.3, 0.4) is 0 Å². The average Bonchev–Trinajstić information content (AvgIpc) is 1.89. The van der Waals surface area contributed by atoms with E-state index >= 15 is 0 Å². The summed E-state index contributed by atoms with van der Waals surface area (Å²) in [6.45, 7) is 4.57. The molecule has 0 fully saturated rings. The number of rotatable bonds is 6. The van der Waals surface area contributed by atoms with Gasteiger partial charge in [-0.1, -0.05) is 39.5 Å². The fourth-order valence-corrected chi connectivity index (χ4v) is 3.09. The van der Waals surface area contributed by atoms with Gasteiger partial charge in [-0.25, -0.2) is 0 Å². The minimum Gasteiger partial charge on any atom is -1.00 e. The molecule has 4 heteroatoms. The Morgan fingerprint density at radius 2 is 1.17 bits per heavy atom. The van der Waals surface area contributed by atoms with Crippen LogP contribution in [0.25, 0.3) is 0 Å². The van der Waals surface area contributed by atoms with Gasteiger partial charge in [0.15, 0.2) is 0 Å². The van der Waals surface area contributed by atoms with E-state index in [2.05, 4.69) is 13.8 Å². The third-order valence-electron chi connectivity index (χ3n) is 1.71. The molecule has 0 heterocycles. The van der Waals surface area contributed by atoms with E-state index in [-0.39, 0.29) is 47.9 Å². The van der Waals surface area contributed by atoms with E-state index in [1.165, 1.54) is 25.7 Å². The van der Waals surface area contributed by atoms with Gasteiger partial charge in [0, 0.05) is 0 Å². The number of hydrogen-bond donors (Lipinski definition) is 0. The maximum atomic E-state index is 2.29. The average molecular weight is 234 g/mol. The van der Waals surface area contributed by atoms with Crippen molar-refractivity contribution in [2.24, 2.45) is 0 Å². The van der Waals surface area contributed by atoms with Gasteiger partial charge in [0.05, 0.1) is 0 Å². The maximum Gasteiger partial charge on any atom is 2.00 e. The second-order valence-electron chi connectivity index (χ2n) is 2.77. The quantitative estimate of drug-likeness (QED) is 0.334. The Kier molecular flexibility index (Phi) is 45.8. The summed E-state index contributed by atoms with van der Waals surface area (Å²) in [6, 6.07) is 0. The topological polar surface area (TPSA) is 0 Å². The summed E-state index contributed by atoms with van der Waals surface area (Å²) in [5.74, 6) is 0. The third-order valence-corrected chi connectivity index (χ3v) is 3.71. The van der Waals surface area contributed by atoms with Crippen LogP contribution in [0, 0.1) is 0 Å². The molecule has 0 radical (unpaired) electrons. The molecular weight excluding hydrogens is 216 g/mol. The summed E-state index contributed by atoms with van der Waals surface area (Å²) >= 11 is 0.389. The van der Waals surface area contributed by atoms with E-state index in [0.29, 0.717) is 20.4 Å². The van der Waals surface area contributed by atoms with Gasteiger partial charge in [0.2, 0.25) is 0 Å². The summed E-state index contributed by atoms with van der Waals surface area (Å²) in [5, 5.41) is 0. The molecule has 0 aromatic carbocycles. The molecule has 0 amide bonds. The van der Waals surface area contributed by atoms with Crippen molar-refractivity contribution in [3.05, 3.63) is 0 Å². The van der Waals surface area contributed by atoms with E-state index in [4.69, 9.17) is 0 Å². The molecule has 0 aliphatic heterocycles. The first-order valence-electron chi connectivity index (χ1n) is 4.41. The standard InChI is InChI=1S/2C4H9.2ClH.2Mg/c2*1-3-4-2;;;;/h2*1,3-4H2,2H3;2*1H;;/q;;;;;+2/p-2. The van der Waals surface area contributed by atoms with Crippen molar-refractivity contribution >= 4 is 43.4 Å². The van der Waals surface area contributed by atoms with Crippen molar-refractivity contribution in [2.45, 2.75) is 48.6 Å². The molecule has 0 nitrogen and oxygen atoms in total. The molecule has 0 rings (SSSR count). The molecule has 0 N–H and O–H groups in total. The van der Waals surface area contributed by atoms with Gasteiger partial charge in [-0.05, 0) is 0 Å². The molecule has 0 unspecified atom stereocenters. The van der Waals surface area contributed by atoms with E-state index in [9.17, 15) is 0 Å². The Bertz CT molecular complexity index is 48.3. The van der Waals surface area contributed by atoms with E-state index < -0.39 is 0 Å². The van der Waals surface area contributed by atoms with Crippen LogP contribution in [0.1, 0.15) is 39.5 Å². The van der Waals surface area contributed by atoms with Crippen LogP contribution in [0.15, 0.2) is 0 Å². The molecule has 0 bridgehead atoms. The Labute approximate surface area is 116 Å². The Hall–Kier alpha value is 2.11. The molecule has 0 atom stereocenters. The van der Waals surface area contributed by atoms with Gasteiger partial charge >= 0.3 is 43.4 Å². The van der Waals surface area contributed by atoms with Crippen LogP contribution in [-0.4, -0.2) is 43.4 Å². The molecule has 0 aromatic heterocycles. The van der Waals surface area contributed by atoms with E-state index in [1.54, 1.807) is 9.10 Å². The summed E-state index contributed by atoms with van der Waals surface area (Å²) in [6.07, 6.45) is 5.80. The van der Waals surface area contributed by atoms with Gasteiger partial charge in [-0.3, -0.25) is 0 Å². The Balaban J connectivity index is -0.000000107. The zero-order valence-electron chi connectivity index (χ0n) is 8.41. The van der Waals surface area contributed by atoms with Crippen LogP contribution in [0.5, 0.6) is 0 Å². The zero-order valence-corrected chi connectivity index (χ0v) is 12.8. The number of halogens is 2. The van der Waals surface area contributed by atoms with E-state index in [0.717, 1.165) is 0 Å². The predicted molar refractivity (Wildman–Crippen MR) is 50.9 cm³/mol. The van der Waals surface area contributed by atoms with Gasteiger partial charge in [-0.2, -0.15) is 0 Å². The zero-order chi connectivity index (χ0) is 6.95. The van der Waals surface area contributed by atoms with Crippen molar-refractivity contribution in [2.75, 3.05) is 0 Å².